The van der Waals surface area contributed by atoms with Crippen LogP contribution >= 0.6 is 0 Å². The molecule has 2 N–H and O–H groups in total. The highest BCUT2D eigenvalue weighted by atomic mass is 16.7. The monoisotopic (exact) mass is 656 g/mol. The molecule has 6 rings (SSSR count). The summed E-state index contributed by atoms with van der Waals surface area (Å²) in [5.41, 5.74) is 4.86. The lowest BCUT2D eigenvalue weighted by molar-refractivity contribution is 0.00578. The van der Waals surface area contributed by atoms with Gasteiger partial charge in [0.05, 0.1) is 22.4 Å². The highest BCUT2D eigenvalue weighted by Crippen LogP contribution is 2.38. The Balaban J connectivity index is 0.000000188. The summed E-state index contributed by atoms with van der Waals surface area (Å²) in [6.07, 6.45) is 5.36. The average Bonchev–Trinajstić information content (AvgIpc) is 3.41. The second-order valence-corrected chi connectivity index (χ2v) is 16.0. The summed E-state index contributed by atoms with van der Waals surface area (Å²) in [5, 5.41) is 19.3. The zero-order valence-electron chi connectivity index (χ0n) is 31.0. The molecular formula is C36H56B4N2O6. The van der Waals surface area contributed by atoms with Gasteiger partial charge in [-0.25, -0.2) is 0 Å². The van der Waals surface area contributed by atoms with Crippen LogP contribution in [-0.2, 0) is 18.6 Å². The van der Waals surface area contributed by atoms with Crippen LogP contribution in [-0.4, -0.2) is 96.6 Å². The summed E-state index contributed by atoms with van der Waals surface area (Å²) in [7, 11) is -1.32. The van der Waals surface area contributed by atoms with E-state index in [1.165, 1.54) is 16.7 Å². The van der Waals surface area contributed by atoms with Gasteiger partial charge in [0, 0.05) is 6.54 Å². The Morgan fingerprint density at radius 1 is 0.625 bits per heavy atom. The maximum Gasteiger partial charge on any atom is 0.494 e. The standard InChI is InChI=1S/C18H29B2NO3.C18H27B2NO3/c2*1-17(2)18(3,4)24-20(23-17)16-8-6-14(7-9-16)15-10-12-21(13-11-15)19(5)22/h6-9,15,22H,10-13H2,1-5H3;6-10,22H,11-13H2,1-5H3. The van der Waals surface area contributed by atoms with Crippen molar-refractivity contribution in [2.45, 2.75) is 117 Å². The number of rotatable bonds is 6. The Kier molecular flexibility index (Phi) is 11.2. The highest BCUT2D eigenvalue weighted by molar-refractivity contribution is 6.62. The molecule has 0 aliphatic carbocycles. The van der Waals surface area contributed by atoms with E-state index in [-0.39, 0.29) is 50.7 Å². The topological polar surface area (TPSA) is 83.9 Å². The first-order chi connectivity index (χ1) is 22.4. The van der Waals surface area contributed by atoms with E-state index in [9.17, 15) is 10.0 Å². The van der Waals surface area contributed by atoms with Crippen molar-refractivity contribution in [2.75, 3.05) is 26.2 Å². The largest absolute Gasteiger partial charge is 0.494 e. The van der Waals surface area contributed by atoms with Crippen molar-refractivity contribution in [1.82, 2.24) is 9.62 Å². The van der Waals surface area contributed by atoms with E-state index in [2.05, 4.69) is 120 Å². The molecule has 2 aromatic rings. The number of benzene rings is 2. The zero-order chi connectivity index (χ0) is 35.1. The second kappa shape index (κ2) is 14.4. The minimum atomic E-state index is -0.381. The second-order valence-electron chi connectivity index (χ2n) is 16.0. The highest BCUT2D eigenvalue weighted by Gasteiger charge is 2.52. The summed E-state index contributed by atoms with van der Waals surface area (Å²) in [6.45, 7) is 23.9. The minimum Gasteiger partial charge on any atom is -0.437 e. The van der Waals surface area contributed by atoms with Gasteiger partial charge in [0.2, 0.25) is 0 Å². The lowest BCUT2D eigenvalue weighted by atomic mass is 9.76. The Labute approximate surface area is 291 Å². The molecule has 0 bridgehead atoms. The van der Waals surface area contributed by atoms with Gasteiger partial charge in [0.1, 0.15) is 0 Å². The molecule has 12 heteroatoms. The van der Waals surface area contributed by atoms with Crippen LogP contribution in [0.2, 0.25) is 13.6 Å². The fraction of sp³-hybridized carbons (Fsp3) is 0.611. The fourth-order valence-electron chi connectivity index (χ4n) is 6.63. The summed E-state index contributed by atoms with van der Waals surface area (Å²) in [6, 6.07) is 17.2. The van der Waals surface area contributed by atoms with E-state index in [4.69, 9.17) is 18.6 Å². The fourth-order valence-corrected chi connectivity index (χ4v) is 6.63. The van der Waals surface area contributed by atoms with Gasteiger partial charge >= 0.3 is 28.3 Å². The molecule has 4 aliphatic heterocycles. The third kappa shape index (κ3) is 8.18. The average molecular weight is 656 g/mol. The van der Waals surface area contributed by atoms with E-state index < -0.39 is 0 Å². The predicted octanol–water partition coefficient (Wildman–Crippen LogP) is 4.46. The summed E-state index contributed by atoms with van der Waals surface area (Å²) in [4.78, 5) is 4.19. The van der Waals surface area contributed by atoms with Crippen LogP contribution in [0.15, 0.2) is 54.6 Å². The first kappa shape index (κ1) is 37.4. The van der Waals surface area contributed by atoms with Gasteiger partial charge in [-0.3, -0.25) is 0 Å². The van der Waals surface area contributed by atoms with Gasteiger partial charge in [0.15, 0.2) is 0 Å². The third-order valence-electron chi connectivity index (χ3n) is 11.6. The SMILES string of the molecule is CB(O)N1CC=C(c2ccc(B3OC(C)(C)C(C)(C)O3)cc2)CC1.CB(O)N1CCC(c2ccc(B3OC(C)(C)C(C)(C)O3)cc2)CC1. The molecule has 0 amide bonds. The Hall–Kier alpha value is -1.88. The molecule has 0 spiro atoms. The van der Waals surface area contributed by atoms with Crippen molar-refractivity contribution in [1.29, 1.82) is 0 Å². The van der Waals surface area contributed by atoms with E-state index in [0.29, 0.717) is 5.92 Å². The first-order valence-electron chi connectivity index (χ1n) is 17.8. The smallest absolute Gasteiger partial charge is 0.437 e. The van der Waals surface area contributed by atoms with E-state index in [1.54, 1.807) is 0 Å². The number of hydrogen-bond donors (Lipinski definition) is 2. The van der Waals surface area contributed by atoms with Crippen molar-refractivity contribution < 1.29 is 28.7 Å². The van der Waals surface area contributed by atoms with Crippen LogP contribution in [0.3, 0.4) is 0 Å². The lowest BCUT2D eigenvalue weighted by Crippen LogP contribution is -2.42. The van der Waals surface area contributed by atoms with Crippen molar-refractivity contribution >= 4 is 44.8 Å². The van der Waals surface area contributed by atoms with Crippen molar-refractivity contribution in [3.05, 3.63) is 65.7 Å². The summed E-state index contributed by atoms with van der Waals surface area (Å²) in [5.74, 6) is 0.576. The maximum atomic E-state index is 9.67. The molecular weight excluding hydrogens is 600 g/mol. The van der Waals surface area contributed by atoms with Crippen LogP contribution in [0, 0.1) is 0 Å². The summed E-state index contributed by atoms with van der Waals surface area (Å²) < 4.78 is 24.4. The molecule has 2 aromatic carbocycles. The van der Waals surface area contributed by atoms with Crippen LogP contribution in [0.1, 0.15) is 91.7 Å². The number of hydrogen-bond acceptors (Lipinski definition) is 8. The molecule has 0 unspecified atom stereocenters. The van der Waals surface area contributed by atoms with Gasteiger partial charge in [-0.15, -0.1) is 0 Å². The maximum absolute atomic E-state index is 9.67. The normalized spacial score (nSPS) is 23.8. The summed E-state index contributed by atoms with van der Waals surface area (Å²) >= 11 is 0. The molecule has 0 aromatic heterocycles. The van der Waals surface area contributed by atoms with Gasteiger partial charge in [-0.05, 0) is 141 Å². The molecule has 258 valence electrons. The Bertz CT molecular complexity index is 1370. The molecule has 3 saturated heterocycles. The van der Waals surface area contributed by atoms with Crippen molar-refractivity contribution in [3.63, 3.8) is 0 Å². The van der Waals surface area contributed by atoms with Crippen molar-refractivity contribution in [3.8, 4) is 0 Å². The molecule has 4 aliphatic rings. The quantitative estimate of drug-likeness (QED) is 0.442. The van der Waals surface area contributed by atoms with E-state index >= 15 is 0 Å². The number of nitrogens with zero attached hydrogens (tertiary/aromatic N) is 2. The molecule has 8 nitrogen and oxygen atoms in total. The zero-order valence-corrected chi connectivity index (χ0v) is 31.0. The van der Waals surface area contributed by atoms with E-state index in [0.717, 1.165) is 56.4 Å². The lowest BCUT2D eigenvalue weighted by Gasteiger charge is -2.32. The van der Waals surface area contributed by atoms with Crippen LogP contribution in [0.4, 0.5) is 0 Å². The van der Waals surface area contributed by atoms with Gasteiger partial charge in [-0.2, -0.15) is 0 Å². The molecule has 48 heavy (non-hydrogen) atoms. The van der Waals surface area contributed by atoms with E-state index in [1.807, 2.05) is 13.6 Å². The van der Waals surface area contributed by atoms with Crippen LogP contribution in [0.25, 0.3) is 5.57 Å². The molecule has 3 fully saturated rings. The molecule has 0 radical (unpaired) electrons. The Morgan fingerprint density at radius 2 is 1.04 bits per heavy atom. The Morgan fingerprint density at radius 3 is 1.42 bits per heavy atom. The van der Waals surface area contributed by atoms with Gasteiger partial charge < -0.3 is 38.3 Å². The predicted molar refractivity (Wildman–Crippen MR) is 200 cm³/mol. The van der Waals surface area contributed by atoms with Gasteiger partial charge in [0.25, 0.3) is 0 Å². The first-order valence-corrected chi connectivity index (χ1v) is 17.8. The minimum absolute atomic E-state index is 0.291. The molecule has 4 heterocycles. The molecule has 0 atom stereocenters. The van der Waals surface area contributed by atoms with Crippen LogP contribution in [0.5, 0.6) is 0 Å². The van der Waals surface area contributed by atoms with Crippen molar-refractivity contribution in [2.24, 2.45) is 0 Å². The number of piperidine rings is 1. The molecule has 0 saturated carbocycles. The third-order valence-corrected chi connectivity index (χ3v) is 11.6. The van der Waals surface area contributed by atoms with Gasteiger partial charge in [-0.1, -0.05) is 54.6 Å². The van der Waals surface area contributed by atoms with Crippen LogP contribution < -0.4 is 10.9 Å².